The number of nitrogens with one attached hydrogen (secondary N) is 2. The van der Waals surface area contributed by atoms with Crippen LogP contribution in [0, 0.1) is 6.92 Å². The number of thiazole rings is 1. The first-order valence-electron chi connectivity index (χ1n) is 12.0. The van der Waals surface area contributed by atoms with E-state index in [2.05, 4.69) is 46.5 Å². The second-order valence-corrected chi connectivity index (χ2v) is 9.70. The molecule has 1 aliphatic rings. The smallest absolute Gasteiger partial charge is 0.257 e. The normalized spacial score (nSPS) is 14.7. The Hall–Kier alpha value is -3.39. The molecule has 1 atom stereocenters. The lowest BCUT2D eigenvalue weighted by Gasteiger charge is -2.23. The van der Waals surface area contributed by atoms with Crippen LogP contribution in [0.5, 0.6) is 5.75 Å². The van der Waals surface area contributed by atoms with E-state index in [9.17, 15) is 9.59 Å². The van der Waals surface area contributed by atoms with Crippen molar-refractivity contribution in [2.45, 2.75) is 46.0 Å². The number of amides is 2. The van der Waals surface area contributed by atoms with Crippen molar-refractivity contribution in [2.24, 2.45) is 0 Å². The van der Waals surface area contributed by atoms with Crippen LogP contribution in [0.15, 0.2) is 42.5 Å². The lowest BCUT2D eigenvalue weighted by molar-refractivity contribution is -0.118. The average molecular weight is 493 g/mol. The van der Waals surface area contributed by atoms with Crippen LogP contribution in [0.25, 0.3) is 0 Å². The maximum absolute atomic E-state index is 13.3. The lowest BCUT2D eigenvalue weighted by Crippen LogP contribution is -2.25. The summed E-state index contributed by atoms with van der Waals surface area (Å²) in [4.78, 5) is 34.0. The van der Waals surface area contributed by atoms with E-state index in [-0.39, 0.29) is 17.7 Å². The molecule has 1 aliphatic carbocycles. The third kappa shape index (κ3) is 5.48. The fraction of sp³-hybridized carbons (Fsp3) is 0.370. The highest BCUT2D eigenvalue weighted by Crippen LogP contribution is 2.38. The van der Waals surface area contributed by atoms with Crippen LogP contribution in [0.4, 0.5) is 16.5 Å². The van der Waals surface area contributed by atoms with Gasteiger partial charge in [-0.3, -0.25) is 14.9 Å². The number of carbonyl (C=O) groups is 2. The Bertz CT molecular complexity index is 1200. The fourth-order valence-corrected chi connectivity index (χ4v) is 5.49. The number of fused-ring (bicyclic) bond motifs is 1. The Morgan fingerprint density at radius 3 is 2.51 bits per heavy atom. The van der Waals surface area contributed by atoms with Crippen molar-refractivity contribution < 1.29 is 14.3 Å². The van der Waals surface area contributed by atoms with E-state index < -0.39 is 0 Å². The molecular weight excluding hydrogens is 460 g/mol. The zero-order chi connectivity index (χ0) is 24.9. The number of aromatic nitrogens is 1. The number of hydrogen-bond donors (Lipinski definition) is 2. The van der Waals surface area contributed by atoms with Gasteiger partial charge in [0.2, 0.25) is 5.91 Å². The molecule has 184 valence electrons. The zero-order valence-electron chi connectivity index (χ0n) is 20.7. The quantitative estimate of drug-likeness (QED) is 0.427. The largest absolute Gasteiger partial charge is 0.497 e. The molecule has 1 heterocycles. The minimum absolute atomic E-state index is 0.0528. The van der Waals surface area contributed by atoms with Gasteiger partial charge in [0.05, 0.1) is 18.7 Å². The highest BCUT2D eigenvalue weighted by Gasteiger charge is 2.31. The van der Waals surface area contributed by atoms with E-state index in [1.165, 1.54) is 11.3 Å². The Labute approximate surface area is 210 Å². The lowest BCUT2D eigenvalue weighted by atomic mass is 9.90. The molecule has 0 spiro atoms. The summed E-state index contributed by atoms with van der Waals surface area (Å²) < 4.78 is 5.15. The van der Waals surface area contributed by atoms with Gasteiger partial charge in [-0.25, -0.2) is 4.98 Å². The summed E-state index contributed by atoms with van der Waals surface area (Å²) in [7, 11) is 1.59. The van der Waals surface area contributed by atoms with Crippen LogP contribution >= 0.6 is 11.3 Å². The molecule has 2 N–H and O–H groups in total. The van der Waals surface area contributed by atoms with Crippen molar-refractivity contribution in [3.05, 3.63) is 64.2 Å². The second-order valence-electron chi connectivity index (χ2n) is 8.62. The topological polar surface area (TPSA) is 83.6 Å². The number of aryl methyl sites for hydroxylation is 2. The third-order valence-corrected chi connectivity index (χ3v) is 7.49. The molecule has 2 aromatic carbocycles. The van der Waals surface area contributed by atoms with Crippen LogP contribution in [0.3, 0.4) is 0 Å². The fourth-order valence-electron chi connectivity index (χ4n) is 4.43. The summed E-state index contributed by atoms with van der Waals surface area (Å²) >= 11 is 1.45. The molecular formula is C27H32N4O3S. The van der Waals surface area contributed by atoms with Crippen molar-refractivity contribution in [1.82, 2.24) is 4.98 Å². The average Bonchev–Trinajstić information content (AvgIpc) is 3.28. The molecule has 0 radical (unpaired) electrons. The van der Waals surface area contributed by atoms with Gasteiger partial charge in [-0.15, -0.1) is 11.3 Å². The predicted octanol–water partition coefficient (Wildman–Crippen LogP) is 5.62. The first-order chi connectivity index (χ1) is 16.9. The number of benzene rings is 2. The third-order valence-electron chi connectivity index (χ3n) is 6.44. The molecule has 0 saturated heterocycles. The molecule has 2 amide bonds. The molecule has 3 aromatic rings. The number of ether oxygens (including phenoxy) is 1. The summed E-state index contributed by atoms with van der Waals surface area (Å²) in [5, 5.41) is 6.53. The van der Waals surface area contributed by atoms with Gasteiger partial charge in [0.1, 0.15) is 5.75 Å². The summed E-state index contributed by atoms with van der Waals surface area (Å²) in [5.41, 5.74) is 4.31. The zero-order valence-corrected chi connectivity index (χ0v) is 21.5. The summed E-state index contributed by atoms with van der Waals surface area (Å²) in [6.07, 6.45) is 2.52. The van der Waals surface area contributed by atoms with E-state index in [4.69, 9.17) is 4.74 Å². The Morgan fingerprint density at radius 1 is 1.11 bits per heavy atom. The van der Waals surface area contributed by atoms with Gasteiger partial charge in [-0.1, -0.05) is 0 Å². The van der Waals surface area contributed by atoms with E-state index in [0.29, 0.717) is 16.4 Å². The molecule has 35 heavy (non-hydrogen) atoms. The van der Waals surface area contributed by atoms with Crippen LogP contribution in [-0.4, -0.2) is 37.0 Å². The summed E-state index contributed by atoms with van der Waals surface area (Å²) in [5.74, 6) is 0.0770. The van der Waals surface area contributed by atoms with Crippen LogP contribution < -0.4 is 20.3 Å². The molecule has 0 aliphatic heterocycles. The Balaban J connectivity index is 1.47. The van der Waals surface area contributed by atoms with Gasteiger partial charge in [0, 0.05) is 34.9 Å². The van der Waals surface area contributed by atoms with Gasteiger partial charge >= 0.3 is 0 Å². The molecule has 4 rings (SSSR count). The predicted molar refractivity (Wildman–Crippen MR) is 142 cm³/mol. The van der Waals surface area contributed by atoms with Crippen LogP contribution in [-0.2, 0) is 11.2 Å². The standard InChI is InChI=1S/C27H32N4O3S/c1-5-31(6-2)19-12-15-22(17(3)16-19)28-26(33)21-8-7-9-23-24(21)29-27(35-23)30-25(32)18-10-13-20(34-4)14-11-18/h10-16,21H,5-9H2,1-4H3,(H,28,33)(H,29,30,32). The van der Waals surface area contributed by atoms with Crippen molar-refractivity contribution >= 4 is 39.7 Å². The number of rotatable bonds is 8. The summed E-state index contributed by atoms with van der Waals surface area (Å²) in [6, 6.07) is 13.1. The highest BCUT2D eigenvalue weighted by molar-refractivity contribution is 7.16. The van der Waals surface area contributed by atoms with Gasteiger partial charge < -0.3 is 15.0 Å². The molecule has 8 heteroatoms. The molecule has 0 saturated carbocycles. The summed E-state index contributed by atoms with van der Waals surface area (Å²) in [6.45, 7) is 8.17. The number of anilines is 3. The van der Waals surface area contributed by atoms with Gasteiger partial charge in [0.25, 0.3) is 5.91 Å². The first-order valence-corrected chi connectivity index (χ1v) is 12.9. The van der Waals surface area contributed by atoms with Crippen molar-refractivity contribution in [1.29, 1.82) is 0 Å². The van der Waals surface area contributed by atoms with E-state index >= 15 is 0 Å². The van der Waals surface area contributed by atoms with Crippen molar-refractivity contribution in [3.63, 3.8) is 0 Å². The number of carbonyl (C=O) groups excluding carboxylic acids is 2. The van der Waals surface area contributed by atoms with Gasteiger partial charge in [-0.2, -0.15) is 0 Å². The van der Waals surface area contributed by atoms with E-state index in [1.807, 2.05) is 13.0 Å². The Morgan fingerprint density at radius 2 is 1.86 bits per heavy atom. The Kier molecular flexibility index (Phi) is 7.70. The minimum atomic E-state index is -0.330. The van der Waals surface area contributed by atoms with Crippen molar-refractivity contribution in [2.75, 3.05) is 35.7 Å². The number of methoxy groups -OCH3 is 1. The minimum Gasteiger partial charge on any atom is -0.497 e. The number of nitrogens with zero attached hydrogens (tertiary/aromatic N) is 2. The maximum atomic E-state index is 13.3. The second kappa shape index (κ2) is 10.9. The van der Waals surface area contributed by atoms with E-state index in [1.54, 1.807) is 31.4 Å². The van der Waals surface area contributed by atoms with Gasteiger partial charge in [-0.05, 0) is 88.1 Å². The highest BCUT2D eigenvalue weighted by atomic mass is 32.1. The number of hydrogen-bond acceptors (Lipinski definition) is 6. The monoisotopic (exact) mass is 492 g/mol. The van der Waals surface area contributed by atoms with Crippen molar-refractivity contribution in [3.8, 4) is 5.75 Å². The van der Waals surface area contributed by atoms with Crippen LogP contribution in [0.2, 0.25) is 0 Å². The SMILES string of the molecule is CCN(CC)c1ccc(NC(=O)C2CCCc3sc(NC(=O)c4ccc(OC)cc4)nc32)c(C)c1. The molecule has 1 aromatic heterocycles. The molecule has 0 fully saturated rings. The maximum Gasteiger partial charge on any atom is 0.257 e. The molecule has 1 unspecified atom stereocenters. The van der Waals surface area contributed by atoms with Gasteiger partial charge in [0.15, 0.2) is 5.13 Å². The first kappa shape index (κ1) is 24.7. The van der Waals surface area contributed by atoms with E-state index in [0.717, 1.165) is 59.9 Å². The van der Waals surface area contributed by atoms with Crippen LogP contribution in [0.1, 0.15) is 59.1 Å². The molecule has 7 nitrogen and oxygen atoms in total. The molecule has 0 bridgehead atoms.